The molecule has 3 aromatic heterocycles. The van der Waals surface area contributed by atoms with E-state index in [4.69, 9.17) is 21.6 Å². The summed E-state index contributed by atoms with van der Waals surface area (Å²) in [6.07, 6.45) is 7.32. The number of halogens is 1. The van der Waals surface area contributed by atoms with E-state index >= 15 is 0 Å². The number of hydrogen-bond donors (Lipinski definition) is 1. The van der Waals surface area contributed by atoms with E-state index in [-0.39, 0.29) is 11.9 Å². The van der Waals surface area contributed by atoms with E-state index in [1.54, 1.807) is 12.3 Å². The zero-order chi connectivity index (χ0) is 21.5. The van der Waals surface area contributed by atoms with Crippen LogP contribution in [0.2, 0.25) is 5.15 Å². The maximum atomic E-state index is 12.7. The number of pyridine rings is 1. The fourth-order valence-corrected chi connectivity index (χ4v) is 4.14. The second-order valence-corrected chi connectivity index (χ2v) is 8.32. The SMILES string of the molecule is CC1C(=O)N2CCCc3nc(NCc4cnn(Cc5ccc(Cl)nc5)c4)nc(c32)N1C. The van der Waals surface area contributed by atoms with Gasteiger partial charge in [0.05, 0.1) is 18.4 Å². The number of hydrogen-bond acceptors (Lipinski definition) is 7. The van der Waals surface area contributed by atoms with Crippen molar-refractivity contribution >= 4 is 35.0 Å². The van der Waals surface area contributed by atoms with Crippen LogP contribution in [0.3, 0.4) is 0 Å². The highest BCUT2D eigenvalue weighted by Gasteiger charge is 2.38. The highest BCUT2D eigenvalue weighted by Crippen LogP contribution is 2.39. The molecule has 1 unspecified atom stereocenters. The van der Waals surface area contributed by atoms with Crippen molar-refractivity contribution in [2.24, 2.45) is 0 Å². The number of nitrogens with zero attached hydrogens (tertiary/aromatic N) is 7. The number of anilines is 3. The van der Waals surface area contributed by atoms with Crippen LogP contribution in [0.15, 0.2) is 30.7 Å². The lowest BCUT2D eigenvalue weighted by atomic mass is 10.0. The molecule has 5 rings (SSSR count). The molecule has 0 fully saturated rings. The molecule has 1 amide bonds. The van der Waals surface area contributed by atoms with Crippen LogP contribution >= 0.6 is 11.6 Å². The number of carbonyl (C=O) groups is 1. The zero-order valence-corrected chi connectivity index (χ0v) is 18.2. The second-order valence-electron chi connectivity index (χ2n) is 7.94. The van der Waals surface area contributed by atoms with Crippen molar-refractivity contribution in [3.05, 3.63) is 52.7 Å². The number of amides is 1. The molecule has 0 spiro atoms. The first-order valence-corrected chi connectivity index (χ1v) is 10.7. The summed E-state index contributed by atoms with van der Waals surface area (Å²) < 4.78 is 1.86. The number of rotatable bonds is 5. The van der Waals surface area contributed by atoms with Gasteiger partial charge in [-0.25, -0.2) is 9.97 Å². The molecule has 5 heterocycles. The van der Waals surface area contributed by atoms with Gasteiger partial charge in [0.1, 0.15) is 16.9 Å². The lowest BCUT2D eigenvalue weighted by Crippen LogP contribution is -2.53. The van der Waals surface area contributed by atoms with Crippen molar-refractivity contribution in [1.29, 1.82) is 0 Å². The first kappa shape index (κ1) is 19.7. The van der Waals surface area contributed by atoms with E-state index in [1.807, 2.05) is 46.9 Å². The fourth-order valence-electron chi connectivity index (χ4n) is 4.03. The molecule has 0 aliphatic carbocycles. The Morgan fingerprint density at radius 2 is 2.10 bits per heavy atom. The number of aryl methyl sites for hydroxylation is 1. The Morgan fingerprint density at radius 1 is 1.23 bits per heavy atom. The van der Waals surface area contributed by atoms with Crippen LogP contribution in [0.25, 0.3) is 0 Å². The molecular formula is C21H23ClN8O. The van der Waals surface area contributed by atoms with Gasteiger partial charge in [-0.1, -0.05) is 17.7 Å². The molecule has 31 heavy (non-hydrogen) atoms. The highest BCUT2D eigenvalue weighted by atomic mass is 35.5. The summed E-state index contributed by atoms with van der Waals surface area (Å²) in [6, 6.07) is 3.48. The first-order valence-electron chi connectivity index (χ1n) is 10.3. The number of nitrogens with one attached hydrogen (secondary N) is 1. The van der Waals surface area contributed by atoms with Gasteiger partial charge < -0.3 is 15.1 Å². The van der Waals surface area contributed by atoms with Gasteiger partial charge in [-0.05, 0) is 31.4 Å². The maximum Gasteiger partial charge on any atom is 0.249 e. The van der Waals surface area contributed by atoms with Crippen LogP contribution in [0.1, 0.15) is 30.2 Å². The summed E-state index contributed by atoms with van der Waals surface area (Å²) in [5.41, 5.74) is 3.85. The maximum absolute atomic E-state index is 12.7. The summed E-state index contributed by atoms with van der Waals surface area (Å²) in [6.45, 7) is 3.82. The minimum Gasteiger partial charge on any atom is -0.350 e. The molecule has 0 aromatic carbocycles. The zero-order valence-electron chi connectivity index (χ0n) is 17.4. The van der Waals surface area contributed by atoms with Crippen LogP contribution in [0.5, 0.6) is 0 Å². The second kappa shape index (κ2) is 7.81. The van der Waals surface area contributed by atoms with Gasteiger partial charge in [-0.15, -0.1) is 0 Å². The largest absolute Gasteiger partial charge is 0.350 e. The molecular weight excluding hydrogens is 416 g/mol. The molecule has 2 aliphatic heterocycles. The lowest BCUT2D eigenvalue weighted by molar-refractivity contribution is -0.119. The van der Waals surface area contributed by atoms with Gasteiger partial charge in [0.15, 0.2) is 5.82 Å². The van der Waals surface area contributed by atoms with Crippen LogP contribution in [-0.4, -0.2) is 50.3 Å². The molecule has 1 atom stereocenters. The standard InChI is InChI=1S/C21H23ClN8O/c1-13-20(31)30-7-3-4-16-18(30)19(28(13)2)27-21(26-16)24-9-15-10-25-29(12-15)11-14-5-6-17(22)23-8-14/h5-6,8,10,12-13H,3-4,7,9,11H2,1-2H3,(H,24,26,27). The van der Waals surface area contributed by atoms with Crippen LogP contribution in [0.4, 0.5) is 17.5 Å². The Labute approximate surface area is 185 Å². The molecule has 1 N–H and O–H groups in total. The van der Waals surface area contributed by atoms with Crippen molar-refractivity contribution in [3.63, 3.8) is 0 Å². The van der Waals surface area contributed by atoms with E-state index < -0.39 is 0 Å². The van der Waals surface area contributed by atoms with E-state index in [0.29, 0.717) is 24.2 Å². The Bertz CT molecular complexity index is 1130. The van der Waals surface area contributed by atoms with Crippen molar-refractivity contribution < 1.29 is 4.79 Å². The Morgan fingerprint density at radius 3 is 2.90 bits per heavy atom. The van der Waals surface area contributed by atoms with Crippen molar-refractivity contribution in [3.8, 4) is 0 Å². The lowest BCUT2D eigenvalue weighted by Gasteiger charge is -2.41. The third kappa shape index (κ3) is 3.69. The molecule has 2 aliphatic rings. The van der Waals surface area contributed by atoms with Gasteiger partial charge in [0.2, 0.25) is 11.9 Å². The Kier molecular flexibility index (Phi) is 4.97. The number of aromatic nitrogens is 5. The van der Waals surface area contributed by atoms with Crippen molar-refractivity contribution in [2.75, 3.05) is 28.7 Å². The summed E-state index contributed by atoms with van der Waals surface area (Å²) in [7, 11) is 1.91. The van der Waals surface area contributed by atoms with Gasteiger partial charge >= 0.3 is 0 Å². The Hall–Kier alpha value is -3.20. The fraction of sp³-hybridized carbons (Fsp3) is 0.381. The highest BCUT2D eigenvalue weighted by molar-refractivity contribution is 6.29. The normalized spacial score (nSPS) is 17.6. The summed E-state index contributed by atoms with van der Waals surface area (Å²) in [5.74, 6) is 1.49. The van der Waals surface area contributed by atoms with Gasteiger partial charge in [0, 0.05) is 38.1 Å². The molecule has 9 nitrogen and oxygen atoms in total. The predicted molar refractivity (Wildman–Crippen MR) is 118 cm³/mol. The van der Waals surface area contributed by atoms with E-state index in [0.717, 1.165) is 47.7 Å². The number of carbonyl (C=O) groups excluding carboxylic acids is 1. The molecule has 160 valence electrons. The van der Waals surface area contributed by atoms with E-state index in [2.05, 4.69) is 15.4 Å². The topological polar surface area (TPSA) is 92.1 Å². The molecule has 0 saturated carbocycles. The van der Waals surface area contributed by atoms with Crippen molar-refractivity contribution in [2.45, 2.75) is 38.9 Å². The van der Waals surface area contributed by atoms with Gasteiger partial charge in [-0.3, -0.25) is 9.48 Å². The van der Waals surface area contributed by atoms with Gasteiger partial charge in [-0.2, -0.15) is 10.1 Å². The first-order chi connectivity index (χ1) is 15.0. The average molecular weight is 439 g/mol. The van der Waals surface area contributed by atoms with Gasteiger partial charge in [0.25, 0.3) is 0 Å². The molecule has 0 saturated heterocycles. The number of likely N-dealkylation sites (N-methyl/N-ethyl adjacent to an activating group) is 1. The Balaban J connectivity index is 1.32. The molecule has 0 radical (unpaired) electrons. The average Bonchev–Trinajstić information content (AvgIpc) is 3.23. The minimum atomic E-state index is -0.234. The van der Waals surface area contributed by atoms with Crippen LogP contribution in [-0.2, 0) is 24.3 Å². The molecule has 0 bridgehead atoms. The predicted octanol–water partition coefficient (Wildman–Crippen LogP) is 2.50. The van der Waals surface area contributed by atoms with Crippen LogP contribution in [0, 0.1) is 0 Å². The minimum absolute atomic E-state index is 0.114. The quantitative estimate of drug-likeness (QED) is 0.612. The monoisotopic (exact) mass is 438 g/mol. The van der Waals surface area contributed by atoms with E-state index in [9.17, 15) is 4.79 Å². The molecule has 10 heteroatoms. The smallest absolute Gasteiger partial charge is 0.249 e. The summed E-state index contributed by atoms with van der Waals surface area (Å²) in [4.78, 5) is 30.0. The van der Waals surface area contributed by atoms with Crippen molar-refractivity contribution in [1.82, 2.24) is 24.7 Å². The third-order valence-corrected chi connectivity index (χ3v) is 6.04. The third-order valence-electron chi connectivity index (χ3n) is 5.81. The van der Waals surface area contributed by atoms with E-state index in [1.165, 1.54) is 0 Å². The van der Waals surface area contributed by atoms with Crippen LogP contribution < -0.4 is 15.1 Å². The summed E-state index contributed by atoms with van der Waals surface area (Å²) >= 11 is 5.84. The summed E-state index contributed by atoms with van der Waals surface area (Å²) in [5, 5.41) is 8.22. The molecule has 3 aromatic rings.